The number of carboxylic acids is 1. The Labute approximate surface area is 91.9 Å². The van der Waals surface area contributed by atoms with Crippen molar-refractivity contribution in [2.75, 3.05) is 5.73 Å². The standard InChI is InChI=1S/C11H11N3O2/c12-10-6-13-9-5-7(2-4-11(15)16)1-3-8(9)14-10/h1,3,5-6H,2,4H2,(H2,12,14)(H,15,16). The summed E-state index contributed by atoms with van der Waals surface area (Å²) in [7, 11) is 0. The van der Waals surface area contributed by atoms with Gasteiger partial charge in [-0.3, -0.25) is 9.78 Å². The number of carboxylic acid groups (broad SMARTS) is 1. The van der Waals surface area contributed by atoms with Crippen LogP contribution in [0.15, 0.2) is 24.4 Å². The van der Waals surface area contributed by atoms with E-state index in [1.54, 1.807) is 6.07 Å². The van der Waals surface area contributed by atoms with Crippen LogP contribution in [-0.4, -0.2) is 21.0 Å². The number of nitrogens with two attached hydrogens (primary N) is 1. The first kappa shape index (κ1) is 10.4. The molecule has 0 spiro atoms. The summed E-state index contributed by atoms with van der Waals surface area (Å²) in [6.07, 6.45) is 2.11. The van der Waals surface area contributed by atoms with E-state index in [2.05, 4.69) is 9.97 Å². The highest BCUT2D eigenvalue weighted by molar-refractivity contribution is 5.76. The minimum absolute atomic E-state index is 0.119. The third kappa shape index (κ3) is 2.25. The van der Waals surface area contributed by atoms with E-state index in [-0.39, 0.29) is 6.42 Å². The van der Waals surface area contributed by atoms with Gasteiger partial charge in [0.2, 0.25) is 0 Å². The van der Waals surface area contributed by atoms with Gasteiger partial charge in [0, 0.05) is 6.42 Å². The van der Waals surface area contributed by atoms with Crippen LogP contribution < -0.4 is 5.73 Å². The zero-order chi connectivity index (χ0) is 11.5. The normalized spacial score (nSPS) is 10.5. The molecule has 0 atom stereocenters. The molecule has 0 aliphatic heterocycles. The summed E-state index contributed by atoms with van der Waals surface area (Å²) in [5.74, 6) is -0.422. The summed E-state index contributed by atoms with van der Waals surface area (Å²) in [5.41, 5.74) is 7.90. The van der Waals surface area contributed by atoms with Gasteiger partial charge in [0.25, 0.3) is 0 Å². The van der Waals surface area contributed by atoms with Crippen LogP contribution in [-0.2, 0) is 11.2 Å². The highest BCUT2D eigenvalue weighted by Crippen LogP contribution is 2.14. The second kappa shape index (κ2) is 4.14. The Morgan fingerprint density at radius 3 is 2.94 bits per heavy atom. The average molecular weight is 217 g/mol. The number of anilines is 1. The van der Waals surface area contributed by atoms with Gasteiger partial charge < -0.3 is 10.8 Å². The van der Waals surface area contributed by atoms with Crippen LogP contribution in [0, 0.1) is 0 Å². The van der Waals surface area contributed by atoms with Gasteiger partial charge in [-0.2, -0.15) is 0 Å². The van der Waals surface area contributed by atoms with Crippen molar-refractivity contribution >= 4 is 22.8 Å². The van der Waals surface area contributed by atoms with E-state index >= 15 is 0 Å². The van der Waals surface area contributed by atoms with Crippen molar-refractivity contribution in [3.63, 3.8) is 0 Å². The van der Waals surface area contributed by atoms with Gasteiger partial charge in [0.15, 0.2) is 0 Å². The molecular weight excluding hydrogens is 206 g/mol. The SMILES string of the molecule is Nc1cnc2cc(CCC(=O)O)ccc2n1. The summed E-state index contributed by atoms with van der Waals surface area (Å²) in [6.45, 7) is 0. The van der Waals surface area contributed by atoms with Crippen molar-refractivity contribution in [3.8, 4) is 0 Å². The minimum atomic E-state index is -0.802. The van der Waals surface area contributed by atoms with E-state index in [9.17, 15) is 4.79 Å². The molecule has 5 nitrogen and oxygen atoms in total. The van der Waals surface area contributed by atoms with Crippen LogP contribution in [0.3, 0.4) is 0 Å². The number of nitrogens with zero attached hydrogens (tertiary/aromatic N) is 2. The lowest BCUT2D eigenvalue weighted by Crippen LogP contribution is -1.98. The number of aliphatic carboxylic acids is 1. The molecule has 5 heteroatoms. The van der Waals surface area contributed by atoms with Crippen molar-refractivity contribution in [1.29, 1.82) is 0 Å². The molecule has 16 heavy (non-hydrogen) atoms. The lowest BCUT2D eigenvalue weighted by Gasteiger charge is -2.01. The number of hydrogen-bond acceptors (Lipinski definition) is 4. The van der Waals surface area contributed by atoms with Crippen LogP contribution in [0.25, 0.3) is 11.0 Å². The molecule has 0 radical (unpaired) electrons. The zero-order valence-electron chi connectivity index (χ0n) is 8.55. The molecule has 2 aromatic rings. The van der Waals surface area contributed by atoms with Crippen LogP contribution in [0.5, 0.6) is 0 Å². The Hall–Kier alpha value is -2.17. The van der Waals surface area contributed by atoms with Gasteiger partial charge in [0.1, 0.15) is 5.82 Å². The predicted octanol–water partition coefficient (Wildman–Crippen LogP) is 1.23. The molecule has 0 saturated heterocycles. The van der Waals surface area contributed by atoms with Crippen LogP contribution in [0.4, 0.5) is 5.82 Å². The molecule has 3 N–H and O–H groups in total. The molecule has 0 aliphatic rings. The molecule has 0 amide bonds. The van der Waals surface area contributed by atoms with Crippen LogP contribution in [0.2, 0.25) is 0 Å². The monoisotopic (exact) mass is 217 g/mol. The zero-order valence-corrected chi connectivity index (χ0v) is 8.55. The van der Waals surface area contributed by atoms with E-state index < -0.39 is 5.97 Å². The molecule has 0 aliphatic carbocycles. The second-order valence-electron chi connectivity index (χ2n) is 3.51. The fourth-order valence-electron chi connectivity index (χ4n) is 1.48. The number of rotatable bonds is 3. The van der Waals surface area contributed by atoms with Gasteiger partial charge in [-0.1, -0.05) is 6.07 Å². The molecule has 0 saturated carbocycles. The average Bonchev–Trinajstić information content (AvgIpc) is 2.26. The van der Waals surface area contributed by atoms with Crippen molar-refractivity contribution in [2.24, 2.45) is 0 Å². The number of nitrogen functional groups attached to an aromatic ring is 1. The van der Waals surface area contributed by atoms with Crippen molar-refractivity contribution in [3.05, 3.63) is 30.0 Å². The molecular formula is C11H11N3O2. The van der Waals surface area contributed by atoms with Gasteiger partial charge >= 0.3 is 5.97 Å². The summed E-state index contributed by atoms with van der Waals surface area (Å²) in [5, 5.41) is 8.58. The number of fused-ring (bicyclic) bond motifs is 1. The molecule has 0 unspecified atom stereocenters. The molecule has 2 rings (SSSR count). The van der Waals surface area contributed by atoms with E-state index in [0.29, 0.717) is 12.2 Å². The topological polar surface area (TPSA) is 89.1 Å². The quantitative estimate of drug-likeness (QED) is 0.807. The van der Waals surface area contributed by atoms with Crippen LogP contribution in [0.1, 0.15) is 12.0 Å². The number of carbonyl (C=O) groups is 1. The van der Waals surface area contributed by atoms with Gasteiger partial charge in [-0.05, 0) is 24.1 Å². The maximum atomic E-state index is 10.4. The van der Waals surface area contributed by atoms with E-state index in [4.69, 9.17) is 10.8 Å². The summed E-state index contributed by atoms with van der Waals surface area (Å²) >= 11 is 0. The first-order valence-corrected chi connectivity index (χ1v) is 4.88. The maximum absolute atomic E-state index is 10.4. The van der Waals surface area contributed by atoms with E-state index in [0.717, 1.165) is 16.6 Å². The smallest absolute Gasteiger partial charge is 0.303 e. The molecule has 82 valence electrons. The molecule has 0 bridgehead atoms. The number of hydrogen-bond donors (Lipinski definition) is 2. The highest BCUT2D eigenvalue weighted by atomic mass is 16.4. The number of benzene rings is 1. The van der Waals surface area contributed by atoms with Crippen molar-refractivity contribution in [1.82, 2.24) is 9.97 Å². The first-order chi connectivity index (χ1) is 7.65. The molecule has 0 fully saturated rings. The van der Waals surface area contributed by atoms with E-state index in [1.807, 2.05) is 12.1 Å². The van der Waals surface area contributed by atoms with Gasteiger partial charge in [0.05, 0.1) is 17.2 Å². The largest absolute Gasteiger partial charge is 0.481 e. The Bertz CT molecular complexity index is 540. The number of aromatic nitrogens is 2. The molecule has 1 aromatic heterocycles. The van der Waals surface area contributed by atoms with Crippen molar-refractivity contribution < 1.29 is 9.90 Å². The van der Waals surface area contributed by atoms with Crippen molar-refractivity contribution in [2.45, 2.75) is 12.8 Å². The predicted molar refractivity (Wildman–Crippen MR) is 59.9 cm³/mol. The van der Waals surface area contributed by atoms with Gasteiger partial charge in [-0.15, -0.1) is 0 Å². The summed E-state index contributed by atoms with van der Waals surface area (Å²) < 4.78 is 0. The summed E-state index contributed by atoms with van der Waals surface area (Å²) in [4.78, 5) is 18.7. The fraction of sp³-hybridized carbons (Fsp3) is 0.182. The Morgan fingerprint density at radius 2 is 2.19 bits per heavy atom. The van der Waals surface area contributed by atoms with Gasteiger partial charge in [-0.25, -0.2) is 4.98 Å². The first-order valence-electron chi connectivity index (χ1n) is 4.88. The number of aryl methyl sites for hydroxylation is 1. The Morgan fingerprint density at radius 1 is 1.38 bits per heavy atom. The second-order valence-corrected chi connectivity index (χ2v) is 3.51. The minimum Gasteiger partial charge on any atom is -0.481 e. The lowest BCUT2D eigenvalue weighted by molar-refractivity contribution is -0.136. The Balaban J connectivity index is 2.30. The van der Waals surface area contributed by atoms with Crippen LogP contribution >= 0.6 is 0 Å². The maximum Gasteiger partial charge on any atom is 0.303 e. The highest BCUT2D eigenvalue weighted by Gasteiger charge is 2.02. The Kier molecular flexibility index (Phi) is 2.68. The summed E-state index contributed by atoms with van der Waals surface area (Å²) in [6, 6.07) is 5.49. The van der Waals surface area contributed by atoms with E-state index in [1.165, 1.54) is 6.20 Å². The third-order valence-electron chi connectivity index (χ3n) is 2.25. The fourth-order valence-corrected chi connectivity index (χ4v) is 1.48. The molecule has 1 aromatic carbocycles. The molecule has 1 heterocycles. The lowest BCUT2D eigenvalue weighted by atomic mass is 10.1. The third-order valence-corrected chi connectivity index (χ3v) is 2.25.